The second-order valence-corrected chi connectivity index (χ2v) is 4.37. The monoisotopic (exact) mass is 213 g/mol. The average molecular weight is 213 g/mol. The summed E-state index contributed by atoms with van der Waals surface area (Å²) in [6.07, 6.45) is 0.980. The number of hydrogen-bond acceptors (Lipinski definition) is 2. The van der Waals surface area contributed by atoms with E-state index in [0.29, 0.717) is 0 Å². The Hall–Kier alpha value is -1.77. The Bertz CT molecular complexity index is 540. The lowest BCUT2D eigenvalue weighted by atomic mass is 10.1. The molecule has 2 heterocycles. The zero-order chi connectivity index (χ0) is 11.1. The highest BCUT2D eigenvalue weighted by molar-refractivity contribution is 5.78. The smallest absolute Gasteiger partial charge is 0.103 e. The fourth-order valence-corrected chi connectivity index (χ4v) is 2.28. The van der Waals surface area contributed by atoms with E-state index in [1.165, 1.54) is 28.2 Å². The van der Waals surface area contributed by atoms with E-state index in [9.17, 15) is 0 Å². The third-order valence-corrected chi connectivity index (χ3v) is 3.02. The van der Waals surface area contributed by atoms with Gasteiger partial charge in [-0.15, -0.1) is 0 Å². The summed E-state index contributed by atoms with van der Waals surface area (Å²) in [5, 5.41) is 3.44. The molecule has 0 aliphatic carbocycles. The summed E-state index contributed by atoms with van der Waals surface area (Å²) in [5.74, 6) is 0.999. The SMILES string of the molecule is Cc1ccc2c(c1)-c1[nH]c(C)nc1CCN2. The Labute approximate surface area is 94.9 Å². The van der Waals surface area contributed by atoms with Crippen LogP contribution < -0.4 is 5.32 Å². The molecule has 0 saturated carbocycles. The minimum Gasteiger partial charge on any atom is -0.384 e. The summed E-state index contributed by atoms with van der Waals surface area (Å²) in [6, 6.07) is 6.50. The van der Waals surface area contributed by atoms with Crippen molar-refractivity contribution < 1.29 is 0 Å². The number of nitrogens with one attached hydrogen (secondary N) is 2. The van der Waals surface area contributed by atoms with E-state index in [0.717, 1.165) is 18.8 Å². The van der Waals surface area contributed by atoms with Gasteiger partial charge in [0.1, 0.15) is 5.82 Å². The number of fused-ring (bicyclic) bond motifs is 3. The van der Waals surface area contributed by atoms with Crippen LogP contribution in [0.5, 0.6) is 0 Å². The molecule has 3 heteroatoms. The zero-order valence-electron chi connectivity index (χ0n) is 9.59. The van der Waals surface area contributed by atoms with Crippen molar-refractivity contribution in [2.75, 3.05) is 11.9 Å². The minimum atomic E-state index is 0.952. The molecule has 0 unspecified atom stereocenters. The molecule has 1 aromatic heterocycles. The molecule has 0 fully saturated rings. The predicted molar refractivity (Wildman–Crippen MR) is 65.7 cm³/mol. The van der Waals surface area contributed by atoms with Crippen molar-refractivity contribution in [2.24, 2.45) is 0 Å². The number of anilines is 1. The van der Waals surface area contributed by atoms with Crippen LogP contribution in [0.25, 0.3) is 11.3 Å². The van der Waals surface area contributed by atoms with E-state index in [1.807, 2.05) is 6.92 Å². The maximum absolute atomic E-state index is 4.54. The first-order valence-corrected chi connectivity index (χ1v) is 5.64. The fourth-order valence-electron chi connectivity index (χ4n) is 2.28. The molecule has 0 atom stereocenters. The van der Waals surface area contributed by atoms with E-state index in [2.05, 4.69) is 40.4 Å². The van der Waals surface area contributed by atoms with Gasteiger partial charge in [0.15, 0.2) is 0 Å². The number of imidazole rings is 1. The van der Waals surface area contributed by atoms with E-state index in [1.54, 1.807) is 0 Å². The highest BCUT2D eigenvalue weighted by Crippen LogP contribution is 2.32. The molecular weight excluding hydrogens is 198 g/mol. The van der Waals surface area contributed by atoms with Gasteiger partial charge in [-0.3, -0.25) is 0 Å². The minimum absolute atomic E-state index is 0.952. The molecule has 1 aliphatic rings. The molecule has 0 bridgehead atoms. The van der Waals surface area contributed by atoms with Gasteiger partial charge in [0.05, 0.1) is 11.4 Å². The lowest BCUT2D eigenvalue weighted by molar-refractivity contribution is 0.977. The van der Waals surface area contributed by atoms with Crippen LogP contribution in [0, 0.1) is 13.8 Å². The maximum atomic E-state index is 4.54. The van der Waals surface area contributed by atoms with Crippen LogP contribution in [0.15, 0.2) is 18.2 Å². The number of benzene rings is 1. The van der Waals surface area contributed by atoms with E-state index in [4.69, 9.17) is 0 Å². The normalized spacial score (nSPS) is 13.6. The van der Waals surface area contributed by atoms with Crippen LogP contribution in [0.4, 0.5) is 5.69 Å². The van der Waals surface area contributed by atoms with Crippen molar-refractivity contribution in [1.82, 2.24) is 9.97 Å². The van der Waals surface area contributed by atoms with Gasteiger partial charge in [0, 0.05) is 24.2 Å². The molecule has 3 nitrogen and oxygen atoms in total. The summed E-state index contributed by atoms with van der Waals surface area (Å²) in [4.78, 5) is 7.91. The Morgan fingerprint density at radius 3 is 3.00 bits per heavy atom. The third kappa shape index (κ3) is 1.40. The molecule has 0 saturated heterocycles. The molecule has 1 aromatic carbocycles. The van der Waals surface area contributed by atoms with Crippen LogP contribution in [0.2, 0.25) is 0 Å². The Morgan fingerprint density at radius 2 is 2.12 bits per heavy atom. The van der Waals surface area contributed by atoms with Crippen molar-refractivity contribution >= 4 is 5.69 Å². The molecule has 0 spiro atoms. The largest absolute Gasteiger partial charge is 0.384 e. The van der Waals surface area contributed by atoms with E-state index >= 15 is 0 Å². The molecule has 1 aliphatic heterocycles. The van der Waals surface area contributed by atoms with Gasteiger partial charge in [-0.25, -0.2) is 4.98 Å². The summed E-state index contributed by atoms with van der Waals surface area (Å²) >= 11 is 0. The standard InChI is InChI=1S/C13H15N3/c1-8-3-4-11-10(7-8)13-12(5-6-14-11)15-9(2)16-13/h3-4,7,14H,5-6H2,1-2H3,(H,15,16). The summed E-state index contributed by atoms with van der Waals surface area (Å²) in [7, 11) is 0. The van der Waals surface area contributed by atoms with Crippen LogP contribution in [-0.2, 0) is 6.42 Å². The van der Waals surface area contributed by atoms with Crippen LogP contribution in [-0.4, -0.2) is 16.5 Å². The van der Waals surface area contributed by atoms with Crippen molar-refractivity contribution in [2.45, 2.75) is 20.3 Å². The molecule has 0 amide bonds. The number of hydrogen-bond donors (Lipinski definition) is 2. The Kier molecular flexibility index (Phi) is 1.99. The first-order valence-electron chi connectivity index (χ1n) is 5.64. The zero-order valence-corrected chi connectivity index (χ0v) is 9.59. The Balaban J connectivity index is 2.27. The van der Waals surface area contributed by atoms with Gasteiger partial charge in [-0.05, 0) is 26.0 Å². The predicted octanol–water partition coefficient (Wildman–Crippen LogP) is 2.66. The highest BCUT2D eigenvalue weighted by atomic mass is 15.0. The first kappa shape index (κ1) is 9.46. The number of rotatable bonds is 0. The van der Waals surface area contributed by atoms with Gasteiger partial charge < -0.3 is 10.3 Å². The van der Waals surface area contributed by atoms with Crippen LogP contribution in [0.1, 0.15) is 17.1 Å². The second kappa shape index (κ2) is 3.37. The van der Waals surface area contributed by atoms with Gasteiger partial charge in [-0.2, -0.15) is 0 Å². The molecule has 3 rings (SSSR count). The van der Waals surface area contributed by atoms with E-state index in [-0.39, 0.29) is 0 Å². The number of H-pyrrole nitrogens is 1. The molecule has 2 aromatic rings. The molecule has 0 radical (unpaired) electrons. The maximum Gasteiger partial charge on any atom is 0.103 e. The summed E-state index contributed by atoms with van der Waals surface area (Å²) in [6.45, 7) is 5.08. The molecule has 82 valence electrons. The number of aromatic nitrogens is 2. The first-order chi connectivity index (χ1) is 7.74. The van der Waals surface area contributed by atoms with Crippen LogP contribution in [0.3, 0.4) is 0 Å². The molecule has 16 heavy (non-hydrogen) atoms. The van der Waals surface area contributed by atoms with Crippen LogP contribution >= 0.6 is 0 Å². The van der Waals surface area contributed by atoms with Crippen molar-refractivity contribution in [1.29, 1.82) is 0 Å². The van der Waals surface area contributed by atoms with E-state index < -0.39 is 0 Å². The number of nitrogens with zero attached hydrogens (tertiary/aromatic N) is 1. The third-order valence-electron chi connectivity index (χ3n) is 3.02. The number of aromatic amines is 1. The summed E-state index contributed by atoms with van der Waals surface area (Å²) < 4.78 is 0. The molecule has 2 N–H and O–H groups in total. The Morgan fingerprint density at radius 1 is 1.25 bits per heavy atom. The lowest BCUT2D eigenvalue weighted by Crippen LogP contribution is -2.02. The second-order valence-electron chi connectivity index (χ2n) is 4.37. The highest BCUT2D eigenvalue weighted by Gasteiger charge is 2.17. The van der Waals surface area contributed by atoms with Gasteiger partial charge in [0.25, 0.3) is 0 Å². The topological polar surface area (TPSA) is 40.7 Å². The summed E-state index contributed by atoms with van der Waals surface area (Å²) in [5.41, 5.74) is 6.08. The van der Waals surface area contributed by atoms with Crippen molar-refractivity contribution in [3.05, 3.63) is 35.3 Å². The van der Waals surface area contributed by atoms with Gasteiger partial charge in [0.2, 0.25) is 0 Å². The fraction of sp³-hybridized carbons (Fsp3) is 0.308. The number of aryl methyl sites for hydroxylation is 2. The van der Waals surface area contributed by atoms with Gasteiger partial charge >= 0.3 is 0 Å². The lowest BCUT2D eigenvalue weighted by Gasteiger charge is -2.08. The van der Waals surface area contributed by atoms with Crippen molar-refractivity contribution in [3.63, 3.8) is 0 Å². The average Bonchev–Trinajstić information content (AvgIpc) is 2.54. The van der Waals surface area contributed by atoms with Gasteiger partial charge in [-0.1, -0.05) is 11.6 Å². The molecular formula is C13H15N3. The van der Waals surface area contributed by atoms with Crippen molar-refractivity contribution in [3.8, 4) is 11.3 Å². The quantitative estimate of drug-likeness (QED) is 0.706.